The minimum atomic E-state index is 0.0161. The molecule has 2 nitrogen and oxygen atoms in total. The molecule has 19 heavy (non-hydrogen) atoms. The second kappa shape index (κ2) is 5.47. The Labute approximate surface area is 124 Å². The van der Waals surface area contributed by atoms with Crippen LogP contribution in [0.1, 0.15) is 27.2 Å². The monoisotopic (exact) mass is 336 g/mol. The summed E-state index contributed by atoms with van der Waals surface area (Å²) in [4.78, 5) is 12.7. The van der Waals surface area contributed by atoms with Gasteiger partial charge in [0.05, 0.1) is 4.88 Å². The van der Waals surface area contributed by atoms with E-state index in [9.17, 15) is 4.79 Å². The number of carbonyl (C=O) groups excluding carboxylic acids is 1. The highest BCUT2D eigenvalue weighted by atomic mass is 79.9. The standard InChI is InChI=1S/C15H13BrO2S/c16-13-6-7-19-15(13)14(17)9-18-12-5-4-10-2-1-3-11(10)8-12/h4-8H,1-3,9H2. The highest BCUT2D eigenvalue weighted by Gasteiger charge is 2.14. The molecule has 1 aromatic carbocycles. The molecule has 0 unspecified atom stereocenters. The van der Waals surface area contributed by atoms with Crippen molar-refractivity contribution in [2.24, 2.45) is 0 Å². The van der Waals surface area contributed by atoms with Crippen LogP contribution in [0.5, 0.6) is 5.75 Å². The van der Waals surface area contributed by atoms with E-state index in [2.05, 4.69) is 28.1 Å². The van der Waals surface area contributed by atoms with Gasteiger partial charge in [-0.15, -0.1) is 11.3 Å². The van der Waals surface area contributed by atoms with Crippen LogP contribution in [-0.2, 0) is 12.8 Å². The smallest absolute Gasteiger partial charge is 0.211 e. The molecule has 98 valence electrons. The molecule has 0 bridgehead atoms. The van der Waals surface area contributed by atoms with E-state index in [0.717, 1.165) is 27.9 Å². The van der Waals surface area contributed by atoms with Gasteiger partial charge >= 0.3 is 0 Å². The van der Waals surface area contributed by atoms with E-state index in [0.29, 0.717) is 0 Å². The number of benzene rings is 1. The van der Waals surface area contributed by atoms with E-state index in [1.54, 1.807) is 0 Å². The second-order valence-electron chi connectivity index (χ2n) is 4.59. The van der Waals surface area contributed by atoms with Crippen LogP contribution < -0.4 is 4.74 Å². The van der Waals surface area contributed by atoms with Gasteiger partial charge in [-0.2, -0.15) is 0 Å². The van der Waals surface area contributed by atoms with Gasteiger partial charge < -0.3 is 4.74 Å². The van der Waals surface area contributed by atoms with Crippen molar-refractivity contribution in [3.05, 3.63) is 50.1 Å². The van der Waals surface area contributed by atoms with Crippen LogP contribution in [0.2, 0.25) is 0 Å². The van der Waals surface area contributed by atoms with Crippen LogP contribution in [-0.4, -0.2) is 12.4 Å². The minimum Gasteiger partial charge on any atom is -0.485 e. The number of carbonyl (C=O) groups is 1. The summed E-state index contributed by atoms with van der Waals surface area (Å²) in [5.41, 5.74) is 2.78. The van der Waals surface area contributed by atoms with Gasteiger partial charge in [0, 0.05) is 4.47 Å². The Morgan fingerprint density at radius 3 is 2.89 bits per heavy atom. The number of halogens is 1. The number of ether oxygens (including phenoxy) is 1. The number of hydrogen-bond acceptors (Lipinski definition) is 3. The van der Waals surface area contributed by atoms with Crippen LogP contribution in [0.3, 0.4) is 0 Å². The van der Waals surface area contributed by atoms with Gasteiger partial charge in [-0.25, -0.2) is 0 Å². The summed E-state index contributed by atoms with van der Waals surface area (Å²) in [6.07, 6.45) is 3.51. The molecule has 0 saturated carbocycles. The summed E-state index contributed by atoms with van der Waals surface area (Å²) in [7, 11) is 0. The van der Waals surface area contributed by atoms with Gasteiger partial charge in [-0.3, -0.25) is 4.79 Å². The van der Waals surface area contributed by atoms with Gasteiger partial charge in [-0.05, 0) is 69.9 Å². The molecule has 0 aliphatic heterocycles. The number of Topliss-reactive ketones (excluding diaryl/α,β-unsaturated/α-hetero) is 1. The first-order valence-corrected chi connectivity index (χ1v) is 7.92. The van der Waals surface area contributed by atoms with E-state index in [1.165, 1.54) is 28.9 Å². The molecular weight excluding hydrogens is 324 g/mol. The van der Waals surface area contributed by atoms with Gasteiger partial charge in [0.2, 0.25) is 5.78 Å². The fourth-order valence-corrected chi connectivity index (χ4v) is 3.86. The van der Waals surface area contributed by atoms with Crippen molar-refractivity contribution >= 4 is 33.0 Å². The summed E-state index contributed by atoms with van der Waals surface area (Å²) in [5, 5.41) is 1.90. The lowest BCUT2D eigenvalue weighted by Crippen LogP contribution is -2.10. The molecule has 0 amide bonds. The summed E-state index contributed by atoms with van der Waals surface area (Å²) in [6, 6.07) is 8.02. The fourth-order valence-electron chi connectivity index (χ4n) is 2.35. The zero-order valence-corrected chi connectivity index (χ0v) is 12.7. The van der Waals surface area contributed by atoms with Crippen molar-refractivity contribution in [2.45, 2.75) is 19.3 Å². The van der Waals surface area contributed by atoms with Crippen LogP contribution in [0.15, 0.2) is 34.1 Å². The maximum absolute atomic E-state index is 12.0. The largest absolute Gasteiger partial charge is 0.485 e. The lowest BCUT2D eigenvalue weighted by Gasteiger charge is -2.07. The van der Waals surface area contributed by atoms with Crippen molar-refractivity contribution in [1.82, 2.24) is 0 Å². The molecule has 2 aromatic rings. The van der Waals surface area contributed by atoms with Gasteiger partial charge in [0.15, 0.2) is 6.61 Å². The van der Waals surface area contributed by atoms with Gasteiger partial charge in [-0.1, -0.05) is 6.07 Å². The summed E-state index contributed by atoms with van der Waals surface area (Å²) < 4.78 is 6.46. The topological polar surface area (TPSA) is 26.3 Å². The Morgan fingerprint density at radius 2 is 2.11 bits per heavy atom. The number of hydrogen-bond donors (Lipinski definition) is 0. The maximum atomic E-state index is 12.0. The van der Waals surface area contributed by atoms with Gasteiger partial charge in [0.25, 0.3) is 0 Å². The van der Waals surface area contributed by atoms with Crippen molar-refractivity contribution in [2.75, 3.05) is 6.61 Å². The second-order valence-corrected chi connectivity index (χ2v) is 6.36. The highest BCUT2D eigenvalue weighted by molar-refractivity contribution is 9.10. The normalized spacial score (nSPS) is 13.3. The fraction of sp³-hybridized carbons (Fsp3) is 0.267. The third-order valence-corrected chi connectivity index (χ3v) is 5.19. The molecule has 1 aliphatic carbocycles. The van der Waals surface area contributed by atoms with Crippen molar-refractivity contribution in [3.8, 4) is 5.75 Å². The lowest BCUT2D eigenvalue weighted by atomic mass is 10.1. The molecular formula is C15H13BrO2S. The van der Waals surface area contributed by atoms with Gasteiger partial charge in [0.1, 0.15) is 5.75 Å². The quantitative estimate of drug-likeness (QED) is 0.779. The predicted octanol–water partition coefficient (Wildman–Crippen LogP) is 4.26. The number of aryl methyl sites for hydroxylation is 2. The van der Waals surface area contributed by atoms with Crippen molar-refractivity contribution < 1.29 is 9.53 Å². The third kappa shape index (κ3) is 2.74. The molecule has 0 radical (unpaired) electrons. The zero-order chi connectivity index (χ0) is 13.2. The van der Waals surface area contributed by atoms with Crippen LogP contribution in [0.25, 0.3) is 0 Å². The number of rotatable bonds is 4. The molecule has 1 heterocycles. The number of ketones is 1. The molecule has 0 N–H and O–H groups in total. The molecule has 1 aromatic heterocycles. The summed E-state index contributed by atoms with van der Waals surface area (Å²) >= 11 is 4.80. The SMILES string of the molecule is O=C(COc1ccc2c(c1)CCC2)c1sccc1Br. The molecule has 1 aliphatic rings. The molecule has 0 fully saturated rings. The van der Waals surface area contributed by atoms with E-state index < -0.39 is 0 Å². The average Bonchev–Trinajstić information content (AvgIpc) is 3.03. The number of fused-ring (bicyclic) bond motifs is 1. The summed E-state index contributed by atoms with van der Waals surface area (Å²) in [6.45, 7) is 0.0951. The Kier molecular flexibility index (Phi) is 3.71. The minimum absolute atomic E-state index is 0.0161. The van der Waals surface area contributed by atoms with Crippen LogP contribution in [0, 0.1) is 0 Å². The molecule has 0 atom stereocenters. The lowest BCUT2D eigenvalue weighted by molar-refractivity contribution is 0.0925. The zero-order valence-electron chi connectivity index (χ0n) is 10.3. The van der Waals surface area contributed by atoms with Crippen LogP contribution in [0.4, 0.5) is 0 Å². The first-order valence-electron chi connectivity index (χ1n) is 6.25. The van der Waals surface area contributed by atoms with Crippen molar-refractivity contribution in [3.63, 3.8) is 0 Å². The number of thiophene rings is 1. The van der Waals surface area contributed by atoms with E-state index in [4.69, 9.17) is 4.74 Å². The Hall–Kier alpha value is -1.13. The predicted molar refractivity (Wildman–Crippen MR) is 80.3 cm³/mol. The molecule has 0 saturated heterocycles. The summed E-state index contributed by atoms with van der Waals surface area (Å²) in [5.74, 6) is 0.809. The first kappa shape index (κ1) is 12.9. The molecule has 0 spiro atoms. The maximum Gasteiger partial charge on any atom is 0.211 e. The Morgan fingerprint density at radius 1 is 1.26 bits per heavy atom. The van der Waals surface area contributed by atoms with E-state index in [-0.39, 0.29) is 12.4 Å². The Balaban J connectivity index is 1.66. The molecule has 4 heteroatoms. The average molecular weight is 337 g/mol. The molecule has 3 rings (SSSR count). The van der Waals surface area contributed by atoms with Crippen molar-refractivity contribution in [1.29, 1.82) is 0 Å². The first-order chi connectivity index (χ1) is 9.24. The third-order valence-electron chi connectivity index (χ3n) is 3.31. The highest BCUT2D eigenvalue weighted by Crippen LogP contribution is 2.27. The Bertz CT molecular complexity index is 618. The van der Waals surface area contributed by atoms with E-state index >= 15 is 0 Å². The van der Waals surface area contributed by atoms with E-state index in [1.807, 2.05) is 17.5 Å². The van der Waals surface area contributed by atoms with Crippen LogP contribution >= 0.6 is 27.3 Å².